The topological polar surface area (TPSA) is 66.8 Å². The molecule has 5 nitrogen and oxygen atoms in total. The molecule has 0 bridgehead atoms. The van der Waals surface area contributed by atoms with Gasteiger partial charge in [-0.25, -0.2) is 0 Å². The zero-order valence-corrected chi connectivity index (χ0v) is 11.9. The summed E-state index contributed by atoms with van der Waals surface area (Å²) in [5, 5.41) is 8.85. The van der Waals surface area contributed by atoms with Crippen LogP contribution in [0.2, 0.25) is 0 Å². The van der Waals surface area contributed by atoms with Crippen molar-refractivity contribution in [3.63, 3.8) is 0 Å². The van der Waals surface area contributed by atoms with Crippen molar-refractivity contribution in [2.75, 3.05) is 19.7 Å². The molecule has 0 saturated carbocycles. The lowest BCUT2D eigenvalue weighted by Crippen LogP contribution is -2.46. The maximum atomic E-state index is 12.7. The van der Waals surface area contributed by atoms with Crippen molar-refractivity contribution in [2.24, 2.45) is 0 Å². The lowest BCUT2D eigenvalue weighted by Gasteiger charge is -2.32. The third-order valence-corrected chi connectivity index (χ3v) is 4.20. The average molecular weight is 289 g/mol. The van der Waals surface area contributed by atoms with Crippen LogP contribution >= 0.6 is 0 Å². The highest BCUT2D eigenvalue weighted by Gasteiger charge is 2.28. The van der Waals surface area contributed by atoms with Gasteiger partial charge in [-0.05, 0) is 36.5 Å². The number of aliphatic carboxylic acids is 1. The summed E-state index contributed by atoms with van der Waals surface area (Å²) in [6.45, 7) is 1.28. The third kappa shape index (κ3) is 2.93. The standard InChI is InChI=1S/C16H19NO4/c18-15(19)9-12-10-17(7-8-21-12)16(20)14-6-2-4-11-3-1-5-13(11)14/h2,4,6,12H,1,3,5,7-10H2,(H,18,19)/t12-/m0/s1. The number of nitrogens with zero attached hydrogens (tertiary/aromatic N) is 1. The Morgan fingerprint density at radius 2 is 2.19 bits per heavy atom. The van der Waals surface area contributed by atoms with E-state index >= 15 is 0 Å². The largest absolute Gasteiger partial charge is 0.481 e. The van der Waals surface area contributed by atoms with Crippen LogP contribution in [0.5, 0.6) is 0 Å². The normalized spacial score (nSPS) is 21.1. The quantitative estimate of drug-likeness (QED) is 0.915. The van der Waals surface area contributed by atoms with Crippen molar-refractivity contribution < 1.29 is 19.4 Å². The zero-order valence-electron chi connectivity index (χ0n) is 11.9. The van der Waals surface area contributed by atoms with Crippen LogP contribution in [0, 0.1) is 0 Å². The first-order valence-electron chi connectivity index (χ1n) is 7.38. The fraction of sp³-hybridized carbons (Fsp3) is 0.500. The molecular weight excluding hydrogens is 270 g/mol. The number of hydrogen-bond donors (Lipinski definition) is 1. The van der Waals surface area contributed by atoms with E-state index in [-0.39, 0.29) is 12.3 Å². The number of hydrogen-bond acceptors (Lipinski definition) is 3. The van der Waals surface area contributed by atoms with Gasteiger partial charge in [0.25, 0.3) is 5.91 Å². The van der Waals surface area contributed by atoms with Crippen molar-refractivity contribution in [2.45, 2.75) is 31.8 Å². The molecule has 1 aliphatic carbocycles. The van der Waals surface area contributed by atoms with Gasteiger partial charge in [0.1, 0.15) is 0 Å². The molecule has 1 heterocycles. The molecule has 0 unspecified atom stereocenters. The minimum Gasteiger partial charge on any atom is -0.481 e. The Labute approximate surface area is 123 Å². The summed E-state index contributed by atoms with van der Waals surface area (Å²) >= 11 is 0. The second kappa shape index (κ2) is 5.85. The van der Waals surface area contributed by atoms with Gasteiger partial charge in [-0.3, -0.25) is 9.59 Å². The number of carbonyl (C=O) groups excluding carboxylic acids is 1. The van der Waals surface area contributed by atoms with Gasteiger partial charge in [-0.2, -0.15) is 0 Å². The fourth-order valence-electron chi connectivity index (χ4n) is 3.21. The fourth-order valence-corrected chi connectivity index (χ4v) is 3.21. The molecule has 0 radical (unpaired) electrons. The molecule has 5 heteroatoms. The minimum atomic E-state index is -0.894. The van der Waals surface area contributed by atoms with E-state index in [1.807, 2.05) is 12.1 Å². The van der Waals surface area contributed by atoms with E-state index in [2.05, 4.69) is 6.07 Å². The van der Waals surface area contributed by atoms with Crippen LogP contribution in [0.3, 0.4) is 0 Å². The van der Waals surface area contributed by atoms with E-state index in [4.69, 9.17) is 9.84 Å². The van der Waals surface area contributed by atoms with E-state index in [9.17, 15) is 9.59 Å². The van der Waals surface area contributed by atoms with Crippen LogP contribution in [0.1, 0.15) is 34.3 Å². The number of ether oxygens (including phenoxy) is 1. The number of fused-ring (bicyclic) bond motifs is 1. The summed E-state index contributed by atoms with van der Waals surface area (Å²) < 4.78 is 5.42. The average Bonchev–Trinajstić information content (AvgIpc) is 2.94. The molecule has 21 heavy (non-hydrogen) atoms. The maximum absolute atomic E-state index is 12.7. The van der Waals surface area contributed by atoms with E-state index in [0.29, 0.717) is 19.7 Å². The van der Waals surface area contributed by atoms with Gasteiger partial charge in [0, 0.05) is 18.7 Å². The molecule has 3 rings (SSSR count). The van der Waals surface area contributed by atoms with Crippen molar-refractivity contribution in [1.82, 2.24) is 4.90 Å². The predicted octanol–water partition coefficient (Wildman–Crippen LogP) is 1.49. The van der Waals surface area contributed by atoms with Crippen LogP contribution in [-0.2, 0) is 22.4 Å². The van der Waals surface area contributed by atoms with Crippen molar-refractivity contribution in [3.8, 4) is 0 Å². The number of carboxylic acids is 1. The van der Waals surface area contributed by atoms with Crippen molar-refractivity contribution >= 4 is 11.9 Å². The number of carboxylic acid groups (broad SMARTS) is 1. The second-order valence-corrected chi connectivity index (χ2v) is 5.64. The van der Waals surface area contributed by atoms with Crippen LogP contribution in [0.15, 0.2) is 18.2 Å². The molecule has 1 fully saturated rings. The summed E-state index contributed by atoms with van der Waals surface area (Å²) in [6, 6.07) is 5.91. The van der Waals surface area contributed by atoms with Gasteiger partial charge >= 0.3 is 5.97 Å². The first kappa shape index (κ1) is 14.1. The number of morpholine rings is 1. The number of benzene rings is 1. The van der Waals surface area contributed by atoms with E-state index in [1.165, 1.54) is 11.1 Å². The molecule has 1 saturated heterocycles. The molecule has 112 valence electrons. The summed E-state index contributed by atoms with van der Waals surface area (Å²) in [7, 11) is 0. The smallest absolute Gasteiger partial charge is 0.306 e. The monoisotopic (exact) mass is 289 g/mol. The first-order chi connectivity index (χ1) is 10.1. The third-order valence-electron chi connectivity index (χ3n) is 4.20. The lowest BCUT2D eigenvalue weighted by molar-refractivity contribution is -0.141. The van der Waals surface area contributed by atoms with Crippen LogP contribution in [0.4, 0.5) is 0 Å². The van der Waals surface area contributed by atoms with Crippen molar-refractivity contribution in [1.29, 1.82) is 0 Å². The summed E-state index contributed by atoms with van der Waals surface area (Å²) in [4.78, 5) is 25.2. The van der Waals surface area contributed by atoms with Crippen molar-refractivity contribution in [3.05, 3.63) is 34.9 Å². The molecular formula is C16H19NO4. The zero-order chi connectivity index (χ0) is 14.8. The highest BCUT2D eigenvalue weighted by molar-refractivity contribution is 5.96. The Morgan fingerprint density at radius 3 is 3.00 bits per heavy atom. The Kier molecular flexibility index (Phi) is 3.92. The van der Waals surface area contributed by atoms with Crippen LogP contribution < -0.4 is 0 Å². The molecule has 0 spiro atoms. The van der Waals surface area contributed by atoms with E-state index in [0.717, 1.165) is 24.8 Å². The van der Waals surface area contributed by atoms with Gasteiger partial charge < -0.3 is 14.7 Å². The summed E-state index contributed by atoms with van der Waals surface area (Å²) in [6.07, 6.45) is 2.64. The summed E-state index contributed by atoms with van der Waals surface area (Å²) in [5.74, 6) is -0.887. The summed E-state index contributed by atoms with van der Waals surface area (Å²) in [5.41, 5.74) is 3.22. The Bertz CT molecular complexity index is 569. The molecule has 2 aliphatic rings. The number of aryl methyl sites for hydroxylation is 1. The second-order valence-electron chi connectivity index (χ2n) is 5.64. The minimum absolute atomic E-state index is 0.00689. The van der Waals surface area contributed by atoms with Crippen LogP contribution in [0.25, 0.3) is 0 Å². The maximum Gasteiger partial charge on any atom is 0.306 e. The lowest BCUT2D eigenvalue weighted by atomic mass is 10.0. The molecule has 1 aromatic carbocycles. The molecule has 1 N–H and O–H groups in total. The van der Waals surface area contributed by atoms with Gasteiger partial charge in [0.15, 0.2) is 0 Å². The highest BCUT2D eigenvalue weighted by atomic mass is 16.5. The SMILES string of the molecule is O=C(O)C[C@H]1CN(C(=O)c2cccc3c2CCC3)CCO1. The Hall–Kier alpha value is -1.88. The number of rotatable bonds is 3. The van der Waals surface area contributed by atoms with Gasteiger partial charge in [-0.15, -0.1) is 0 Å². The van der Waals surface area contributed by atoms with Gasteiger partial charge in [-0.1, -0.05) is 12.1 Å². The molecule has 1 amide bonds. The number of amides is 1. The molecule has 0 aromatic heterocycles. The number of carbonyl (C=O) groups is 2. The Morgan fingerprint density at radius 1 is 1.33 bits per heavy atom. The van der Waals surface area contributed by atoms with Gasteiger partial charge in [0.05, 0.1) is 19.1 Å². The highest BCUT2D eigenvalue weighted by Crippen LogP contribution is 2.26. The predicted molar refractivity (Wildman–Crippen MR) is 76.4 cm³/mol. The molecule has 1 aliphatic heterocycles. The first-order valence-corrected chi connectivity index (χ1v) is 7.38. The van der Waals surface area contributed by atoms with E-state index < -0.39 is 12.1 Å². The van der Waals surface area contributed by atoms with Crippen LogP contribution in [-0.4, -0.2) is 47.7 Å². The van der Waals surface area contributed by atoms with Gasteiger partial charge in [0.2, 0.25) is 0 Å². The van der Waals surface area contributed by atoms with E-state index in [1.54, 1.807) is 4.90 Å². The Balaban J connectivity index is 1.76. The molecule has 1 aromatic rings. The molecule has 1 atom stereocenters.